The highest BCUT2D eigenvalue weighted by Crippen LogP contribution is 2.24. The first-order valence-electron chi connectivity index (χ1n) is 5.22. The lowest BCUT2D eigenvalue weighted by Crippen LogP contribution is -2.14. The summed E-state index contributed by atoms with van der Waals surface area (Å²) in [6.07, 6.45) is 0. The van der Waals surface area contributed by atoms with Gasteiger partial charge in [0, 0.05) is 12.1 Å². The maximum absolute atomic E-state index is 11.0. The van der Waals surface area contributed by atoms with Crippen LogP contribution >= 0.6 is 0 Å². The molecule has 0 aliphatic rings. The predicted molar refractivity (Wildman–Crippen MR) is 63.3 cm³/mol. The quantitative estimate of drug-likeness (QED) is 0.749. The van der Waals surface area contributed by atoms with E-state index in [0.717, 1.165) is 11.3 Å². The minimum absolute atomic E-state index is 0.0977. The largest absolute Gasteiger partial charge is 0.497 e. The molecule has 0 heterocycles. The van der Waals surface area contributed by atoms with E-state index in [9.17, 15) is 4.79 Å². The minimum atomic E-state index is -0.406. The zero-order valence-electron chi connectivity index (χ0n) is 10.3. The Labute approximate surface area is 101 Å². The van der Waals surface area contributed by atoms with Gasteiger partial charge in [-0.2, -0.15) is 0 Å². The van der Waals surface area contributed by atoms with E-state index in [4.69, 9.17) is 9.47 Å². The van der Waals surface area contributed by atoms with Crippen molar-refractivity contribution in [3.8, 4) is 11.5 Å². The average Bonchev–Trinajstić information content (AvgIpc) is 2.37. The summed E-state index contributed by atoms with van der Waals surface area (Å²) in [5.74, 6) is 0.988. The van der Waals surface area contributed by atoms with Crippen molar-refractivity contribution in [1.29, 1.82) is 0 Å². The lowest BCUT2D eigenvalue weighted by molar-refractivity contribution is -0.142. The summed E-state index contributed by atoms with van der Waals surface area (Å²) in [7, 11) is 4.77. The van der Waals surface area contributed by atoms with Crippen molar-refractivity contribution in [1.82, 2.24) is 5.32 Å². The van der Waals surface area contributed by atoms with E-state index >= 15 is 0 Å². The fourth-order valence-corrected chi connectivity index (χ4v) is 1.35. The summed E-state index contributed by atoms with van der Waals surface area (Å²) >= 11 is 0. The van der Waals surface area contributed by atoms with Gasteiger partial charge in [0.15, 0.2) is 6.61 Å². The fraction of sp³-hybridized carbons (Fsp3) is 0.417. The highest BCUT2D eigenvalue weighted by Gasteiger charge is 2.07. The molecule has 0 saturated heterocycles. The van der Waals surface area contributed by atoms with Crippen LogP contribution in [0.3, 0.4) is 0 Å². The Hall–Kier alpha value is -1.75. The number of rotatable bonds is 6. The molecule has 1 aromatic carbocycles. The van der Waals surface area contributed by atoms with E-state index < -0.39 is 5.97 Å². The van der Waals surface area contributed by atoms with E-state index in [0.29, 0.717) is 12.3 Å². The molecule has 1 aromatic rings. The third-order valence-corrected chi connectivity index (χ3v) is 2.21. The molecule has 0 aliphatic carbocycles. The van der Waals surface area contributed by atoms with E-state index in [1.165, 1.54) is 7.11 Å². The summed E-state index contributed by atoms with van der Waals surface area (Å²) < 4.78 is 15.0. The molecular weight excluding hydrogens is 222 g/mol. The lowest BCUT2D eigenvalue weighted by atomic mass is 10.2. The monoisotopic (exact) mass is 239 g/mol. The first kappa shape index (κ1) is 13.3. The van der Waals surface area contributed by atoms with Crippen LogP contribution in [0.4, 0.5) is 0 Å². The van der Waals surface area contributed by atoms with Gasteiger partial charge in [0.05, 0.1) is 14.2 Å². The third-order valence-electron chi connectivity index (χ3n) is 2.21. The predicted octanol–water partition coefficient (Wildman–Crippen LogP) is 0.966. The zero-order chi connectivity index (χ0) is 12.7. The summed E-state index contributed by atoms with van der Waals surface area (Å²) in [4.78, 5) is 11.0. The Morgan fingerprint density at radius 2 is 2.12 bits per heavy atom. The first-order chi connectivity index (χ1) is 8.21. The normalized spacial score (nSPS) is 9.82. The van der Waals surface area contributed by atoms with Crippen molar-refractivity contribution in [2.45, 2.75) is 6.54 Å². The van der Waals surface area contributed by atoms with Crippen LogP contribution in [0.5, 0.6) is 11.5 Å². The fourth-order valence-electron chi connectivity index (χ4n) is 1.35. The van der Waals surface area contributed by atoms with Gasteiger partial charge in [-0.1, -0.05) is 0 Å². The van der Waals surface area contributed by atoms with Crippen LogP contribution < -0.4 is 14.8 Å². The number of carbonyl (C=O) groups excluding carboxylic acids is 1. The van der Waals surface area contributed by atoms with Crippen LogP contribution in [0, 0.1) is 0 Å². The number of carbonyl (C=O) groups is 1. The van der Waals surface area contributed by atoms with Gasteiger partial charge in [0.1, 0.15) is 11.5 Å². The van der Waals surface area contributed by atoms with Gasteiger partial charge in [-0.25, -0.2) is 4.79 Å². The van der Waals surface area contributed by atoms with Crippen LogP contribution in [0.15, 0.2) is 18.2 Å². The molecular formula is C12H17NO4. The number of methoxy groups -OCH3 is 2. The molecule has 0 atom stereocenters. The van der Waals surface area contributed by atoms with Crippen molar-refractivity contribution < 1.29 is 19.0 Å². The molecule has 0 unspecified atom stereocenters. The van der Waals surface area contributed by atoms with Crippen molar-refractivity contribution in [3.05, 3.63) is 23.8 Å². The van der Waals surface area contributed by atoms with E-state index in [-0.39, 0.29) is 6.61 Å². The van der Waals surface area contributed by atoms with Crippen molar-refractivity contribution >= 4 is 5.97 Å². The van der Waals surface area contributed by atoms with Crippen LogP contribution in [0.25, 0.3) is 0 Å². The molecule has 0 amide bonds. The minimum Gasteiger partial charge on any atom is -0.497 e. The van der Waals surface area contributed by atoms with Crippen molar-refractivity contribution in [3.63, 3.8) is 0 Å². The molecule has 1 N–H and O–H groups in total. The molecule has 94 valence electrons. The number of hydrogen-bond donors (Lipinski definition) is 1. The molecule has 1 rings (SSSR count). The van der Waals surface area contributed by atoms with Crippen LogP contribution in [0.2, 0.25) is 0 Å². The SMILES string of the molecule is CNCc1cc(OC)ccc1OCC(=O)OC. The van der Waals surface area contributed by atoms with E-state index in [2.05, 4.69) is 10.1 Å². The molecule has 5 heteroatoms. The zero-order valence-corrected chi connectivity index (χ0v) is 10.3. The number of hydrogen-bond acceptors (Lipinski definition) is 5. The topological polar surface area (TPSA) is 56.8 Å². The second-order valence-corrected chi connectivity index (χ2v) is 3.37. The van der Waals surface area contributed by atoms with Crippen LogP contribution in [0.1, 0.15) is 5.56 Å². The summed E-state index contributed by atoms with van der Waals surface area (Å²) in [6.45, 7) is 0.535. The Morgan fingerprint density at radius 1 is 1.35 bits per heavy atom. The molecule has 0 radical (unpaired) electrons. The number of nitrogens with one attached hydrogen (secondary N) is 1. The number of ether oxygens (including phenoxy) is 3. The molecule has 0 fully saturated rings. The highest BCUT2D eigenvalue weighted by molar-refractivity contribution is 5.70. The molecule has 0 bridgehead atoms. The molecule has 0 aromatic heterocycles. The van der Waals surface area contributed by atoms with Gasteiger partial charge in [-0.05, 0) is 25.2 Å². The van der Waals surface area contributed by atoms with Gasteiger partial charge < -0.3 is 19.5 Å². The Bertz CT molecular complexity index is 379. The molecule has 0 aliphatic heterocycles. The first-order valence-corrected chi connectivity index (χ1v) is 5.22. The summed E-state index contributed by atoms with van der Waals surface area (Å²) in [5, 5.41) is 3.03. The average molecular weight is 239 g/mol. The van der Waals surface area contributed by atoms with Crippen molar-refractivity contribution in [2.24, 2.45) is 0 Å². The Kier molecular flexibility index (Phi) is 5.29. The van der Waals surface area contributed by atoms with E-state index in [1.807, 2.05) is 13.1 Å². The molecule has 0 saturated carbocycles. The summed E-state index contributed by atoms with van der Waals surface area (Å²) in [6, 6.07) is 5.42. The van der Waals surface area contributed by atoms with Gasteiger partial charge in [0.2, 0.25) is 0 Å². The molecule has 17 heavy (non-hydrogen) atoms. The van der Waals surface area contributed by atoms with E-state index in [1.54, 1.807) is 19.2 Å². The van der Waals surface area contributed by atoms with Crippen molar-refractivity contribution in [2.75, 3.05) is 27.9 Å². The number of esters is 1. The van der Waals surface area contributed by atoms with Gasteiger partial charge in [-0.15, -0.1) is 0 Å². The maximum atomic E-state index is 11.0. The standard InChI is InChI=1S/C12H17NO4/c1-13-7-9-6-10(15-2)4-5-11(9)17-8-12(14)16-3/h4-6,13H,7-8H2,1-3H3. The smallest absolute Gasteiger partial charge is 0.343 e. The summed E-state index contributed by atoms with van der Waals surface area (Å²) in [5.41, 5.74) is 0.927. The second kappa shape index (κ2) is 6.75. The second-order valence-electron chi connectivity index (χ2n) is 3.37. The van der Waals surface area contributed by atoms with Crippen LogP contribution in [-0.4, -0.2) is 33.8 Å². The van der Waals surface area contributed by atoms with Gasteiger partial charge in [-0.3, -0.25) is 0 Å². The molecule has 0 spiro atoms. The third kappa shape index (κ3) is 3.96. The maximum Gasteiger partial charge on any atom is 0.343 e. The van der Waals surface area contributed by atoms with Gasteiger partial charge >= 0.3 is 5.97 Å². The molecule has 5 nitrogen and oxygen atoms in total. The number of benzene rings is 1. The lowest BCUT2D eigenvalue weighted by Gasteiger charge is -2.11. The Balaban J connectivity index is 2.78. The Morgan fingerprint density at radius 3 is 2.71 bits per heavy atom. The van der Waals surface area contributed by atoms with Gasteiger partial charge in [0.25, 0.3) is 0 Å². The highest BCUT2D eigenvalue weighted by atomic mass is 16.6. The van der Waals surface area contributed by atoms with Crippen LogP contribution in [-0.2, 0) is 16.1 Å².